The summed E-state index contributed by atoms with van der Waals surface area (Å²) in [6.07, 6.45) is 4.51. The van der Waals surface area contributed by atoms with Gasteiger partial charge >= 0.3 is 0 Å². The van der Waals surface area contributed by atoms with Crippen LogP contribution in [0.15, 0.2) is 0 Å². The Morgan fingerprint density at radius 2 is 2.15 bits per heavy atom. The van der Waals surface area contributed by atoms with Crippen molar-refractivity contribution in [3.63, 3.8) is 0 Å². The van der Waals surface area contributed by atoms with Gasteiger partial charge in [0.05, 0.1) is 12.2 Å². The maximum atomic E-state index is 9.54. The van der Waals surface area contributed by atoms with E-state index in [1.807, 2.05) is 0 Å². The summed E-state index contributed by atoms with van der Waals surface area (Å²) >= 11 is 0. The predicted molar refractivity (Wildman–Crippen MR) is 50.5 cm³/mol. The summed E-state index contributed by atoms with van der Waals surface area (Å²) in [6, 6.07) is 0. The molecule has 3 nitrogen and oxygen atoms in total. The largest absolute Gasteiger partial charge is 0.396 e. The molecule has 0 unspecified atom stereocenters. The lowest BCUT2D eigenvalue weighted by molar-refractivity contribution is -0.0518. The van der Waals surface area contributed by atoms with Crippen molar-refractivity contribution in [2.24, 2.45) is 5.92 Å². The van der Waals surface area contributed by atoms with Gasteiger partial charge in [-0.15, -0.1) is 0 Å². The fourth-order valence-electron chi connectivity index (χ4n) is 2.09. The van der Waals surface area contributed by atoms with Crippen LogP contribution >= 0.6 is 0 Å². The molecule has 0 aromatic carbocycles. The van der Waals surface area contributed by atoms with Crippen molar-refractivity contribution in [3.05, 3.63) is 0 Å². The number of aliphatic hydroxyl groups is 2. The monoisotopic (exact) mass is 188 g/mol. The Morgan fingerprint density at radius 1 is 1.38 bits per heavy atom. The zero-order chi connectivity index (χ0) is 9.68. The van der Waals surface area contributed by atoms with E-state index in [4.69, 9.17) is 9.84 Å². The van der Waals surface area contributed by atoms with Gasteiger partial charge in [0.2, 0.25) is 0 Å². The molecule has 0 amide bonds. The van der Waals surface area contributed by atoms with Gasteiger partial charge < -0.3 is 14.9 Å². The lowest BCUT2D eigenvalue weighted by Gasteiger charge is -2.32. The maximum Gasteiger partial charge on any atom is 0.0832 e. The molecule has 0 saturated heterocycles. The van der Waals surface area contributed by atoms with Gasteiger partial charge in [-0.1, -0.05) is 0 Å². The zero-order valence-electron chi connectivity index (χ0n) is 8.28. The van der Waals surface area contributed by atoms with Gasteiger partial charge in [0, 0.05) is 13.7 Å². The summed E-state index contributed by atoms with van der Waals surface area (Å²) in [6.45, 7) is 0.275. The fraction of sp³-hybridized carbons (Fsp3) is 1.00. The minimum atomic E-state index is -0.282. The van der Waals surface area contributed by atoms with Crippen LogP contribution < -0.4 is 0 Å². The summed E-state index contributed by atoms with van der Waals surface area (Å²) in [4.78, 5) is 0. The first-order valence-corrected chi connectivity index (χ1v) is 5.09. The summed E-state index contributed by atoms with van der Waals surface area (Å²) in [5.41, 5.74) is 0. The van der Waals surface area contributed by atoms with Gasteiger partial charge in [0.1, 0.15) is 0 Å². The van der Waals surface area contributed by atoms with Crippen LogP contribution in [0.25, 0.3) is 0 Å². The summed E-state index contributed by atoms with van der Waals surface area (Å²) in [5, 5.41) is 18.2. The Labute approximate surface area is 79.7 Å². The van der Waals surface area contributed by atoms with Crippen LogP contribution in [0.2, 0.25) is 0 Å². The first-order valence-electron chi connectivity index (χ1n) is 5.09. The Balaban J connectivity index is 2.27. The van der Waals surface area contributed by atoms with Gasteiger partial charge in [-0.25, -0.2) is 0 Å². The van der Waals surface area contributed by atoms with Crippen LogP contribution in [-0.4, -0.2) is 36.1 Å². The second-order valence-corrected chi connectivity index (χ2v) is 3.89. The van der Waals surface area contributed by atoms with Crippen molar-refractivity contribution >= 4 is 0 Å². The van der Waals surface area contributed by atoms with Crippen LogP contribution in [0.1, 0.15) is 32.1 Å². The molecule has 0 radical (unpaired) electrons. The van der Waals surface area contributed by atoms with E-state index < -0.39 is 0 Å². The highest BCUT2D eigenvalue weighted by Crippen LogP contribution is 2.29. The first kappa shape index (κ1) is 11.0. The topological polar surface area (TPSA) is 49.7 Å². The smallest absolute Gasteiger partial charge is 0.0832 e. The molecule has 0 aromatic rings. The molecule has 2 N–H and O–H groups in total. The van der Waals surface area contributed by atoms with Crippen molar-refractivity contribution in [1.82, 2.24) is 0 Å². The molecule has 78 valence electrons. The fourth-order valence-corrected chi connectivity index (χ4v) is 2.09. The SMILES string of the molecule is CO[C@@H]1C[C@@H](CCCO)CC[C@@H]1O. The highest BCUT2D eigenvalue weighted by molar-refractivity contribution is 4.80. The van der Waals surface area contributed by atoms with Crippen LogP contribution in [0.4, 0.5) is 0 Å². The number of aliphatic hydroxyl groups excluding tert-OH is 2. The van der Waals surface area contributed by atoms with E-state index in [0.29, 0.717) is 5.92 Å². The molecule has 0 bridgehead atoms. The maximum absolute atomic E-state index is 9.54. The third kappa shape index (κ3) is 3.25. The van der Waals surface area contributed by atoms with Gasteiger partial charge in [-0.2, -0.15) is 0 Å². The number of ether oxygens (including phenoxy) is 1. The molecule has 0 heterocycles. The summed E-state index contributed by atoms with van der Waals surface area (Å²) in [5.74, 6) is 0.625. The normalized spacial score (nSPS) is 34.8. The molecule has 3 atom stereocenters. The highest BCUT2D eigenvalue weighted by Gasteiger charge is 2.28. The van der Waals surface area contributed by atoms with Crippen LogP contribution in [0.5, 0.6) is 0 Å². The summed E-state index contributed by atoms with van der Waals surface area (Å²) < 4.78 is 5.20. The molecular weight excluding hydrogens is 168 g/mol. The Bertz CT molecular complexity index is 136. The van der Waals surface area contributed by atoms with Crippen molar-refractivity contribution in [3.8, 4) is 0 Å². The average Bonchev–Trinajstić information content (AvgIpc) is 2.16. The van der Waals surface area contributed by atoms with Gasteiger partial charge in [-0.3, -0.25) is 0 Å². The zero-order valence-corrected chi connectivity index (χ0v) is 8.28. The molecule has 13 heavy (non-hydrogen) atoms. The molecule has 1 saturated carbocycles. The minimum Gasteiger partial charge on any atom is -0.396 e. The highest BCUT2D eigenvalue weighted by atomic mass is 16.5. The van der Waals surface area contributed by atoms with E-state index >= 15 is 0 Å². The van der Waals surface area contributed by atoms with E-state index in [0.717, 1.165) is 32.1 Å². The molecule has 1 fully saturated rings. The van der Waals surface area contributed by atoms with Gasteiger partial charge in [0.15, 0.2) is 0 Å². The standard InChI is InChI=1S/C10H20O3/c1-13-10-7-8(3-2-6-11)4-5-9(10)12/h8-12H,2-7H2,1H3/t8-,9-,10+/m0/s1. The van der Waals surface area contributed by atoms with Crippen LogP contribution in [-0.2, 0) is 4.74 Å². The van der Waals surface area contributed by atoms with Gasteiger partial charge in [0.25, 0.3) is 0 Å². The van der Waals surface area contributed by atoms with Crippen molar-refractivity contribution < 1.29 is 14.9 Å². The molecule has 1 rings (SSSR count). The van der Waals surface area contributed by atoms with E-state index in [1.165, 1.54) is 0 Å². The molecule has 1 aliphatic rings. The lowest BCUT2D eigenvalue weighted by Crippen LogP contribution is -2.35. The summed E-state index contributed by atoms with van der Waals surface area (Å²) in [7, 11) is 1.66. The molecular formula is C10H20O3. The predicted octanol–water partition coefficient (Wildman–Crippen LogP) is 0.935. The molecule has 0 spiro atoms. The third-order valence-electron chi connectivity index (χ3n) is 2.94. The molecule has 0 aliphatic heterocycles. The van der Waals surface area contributed by atoms with E-state index in [2.05, 4.69) is 0 Å². The molecule has 3 heteroatoms. The molecule has 1 aliphatic carbocycles. The van der Waals surface area contributed by atoms with Crippen LogP contribution in [0, 0.1) is 5.92 Å². The van der Waals surface area contributed by atoms with E-state index in [1.54, 1.807) is 7.11 Å². The average molecular weight is 188 g/mol. The van der Waals surface area contributed by atoms with Crippen molar-refractivity contribution in [2.45, 2.75) is 44.3 Å². The second-order valence-electron chi connectivity index (χ2n) is 3.89. The first-order chi connectivity index (χ1) is 6.27. The number of methoxy groups -OCH3 is 1. The van der Waals surface area contributed by atoms with Gasteiger partial charge in [-0.05, 0) is 38.0 Å². The number of rotatable bonds is 4. The number of hydrogen-bond donors (Lipinski definition) is 2. The lowest BCUT2D eigenvalue weighted by atomic mass is 9.83. The van der Waals surface area contributed by atoms with Crippen LogP contribution in [0.3, 0.4) is 0 Å². The number of hydrogen-bond acceptors (Lipinski definition) is 3. The second kappa shape index (κ2) is 5.58. The Hall–Kier alpha value is -0.120. The van der Waals surface area contributed by atoms with Crippen molar-refractivity contribution in [2.75, 3.05) is 13.7 Å². The Kier molecular flexibility index (Phi) is 4.70. The van der Waals surface area contributed by atoms with E-state index in [-0.39, 0.29) is 18.8 Å². The van der Waals surface area contributed by atoms with E-state index in [9.17, 15) is 5.11 Å². The molecule has 0 aromatic heterocycles. The third-order valence-corrected chi connectivity index (χ3v) is 2.94. The van der Waals surface area contributed by atoms with Crippen molar-refractivity contribution in [1.29, 1.82) is 0 Å². The minimum absolute atomic E-state index is 0.0115. The quantitative estimate of drug-likeness (QED) is 0.690. The Morgan fingerprint density at radius 3 is 2.77 bits per heavy atom.